The number of hydrogen-bond acceptors (Lipinski definition) is 6. The summed E-state index contributed by atoms with van der Waals surface area (Å²) in [6.45, 7) is 5.14. The Balaban J connectivity index is 1.88. The molecule has 1 fully saturated rings. The number of benzene rings is 1. The number of anilines is 1. The lowest BCUT2D eigenvalue weighted by Crippen LogP contribution is -2.56. The largest absolute Gasteiger partial charge is 0.480 e. The number of nitrogens with one attached hydrogen (secondary N) is 2. The molecule has 4 atom stereocenters. The van der Waals surface area contributed by atoms with E-state index in [1.54, 1.807) is 6.07 Å². The summed E-state index contributed by atoms with van der Waals surface area (Å²) in [5.74, 6) is -1.22. The molecule has 2 aliphatic heterocycles. The number of likely N-dealkylation sites (tertiary alicyclic amines) is 1. The Bertz CT molecular complexity index is 1070. The fourth-order valence-corrected chi connectivity index (χ4v) is 6.17. The molecule has 35 heavy (non-hydrogen) atoms. The first-order valence-electron chi connectivity index (χ1n) is 12.0. The Kier molecular flexibility index (Phi) is 8.60. The maximum absolute atomic E-state index is 13.5. The van der Waals surface area contributed by atoms with E-state index in [2.05, 4.69) is 22.0 Å². The van der Waals surface area contributed by atoms with Gasteiger partial charge in [0.25, 0.3) is 0 Å². The van der Waals surface area contributed by atoms with Gasteiger partial charge in [0, 0.05) is 19.6 Å². The van der Waals surface area contributed by atoms with Crippen molar-refractivity contribution in [3.8, 4) is 0 Å². The van der Waals surface area contributed by atoms with Crippen LogP contribution in [0.2, 0.25) is 0 Å². The number of guanidine groups is 1. The summed E-state index contributed by atoms with van der Waals surface area (Å²) < 4.78 is 29.5. The van der Waals surface area contributed by atoms with Crippen molar-refractivity contribution in [2.75, 3.05) is 25.0 Å². The van der Waals surface area contributed by atoms with Crippen molar-refractivity contribution >= 4 is 33.5 Å². The van der Waals surface area contributed by atoms with E-state index in [0.29, 0.717) is 37.4 Å². The number of carboxylic acid groups (broad SMARTS) is 1. The van der Waals surface area contributed by atoms with E-state index in [0.717, 1.165) is 12.0 Å². The third kappa shape index (κ3) is 6.63. The average molecular weight is 509 g/mol. The van der Waals surface area contributed by atoms with Gasteiger partial charge in [-0.15, -0.1) is 0 Å². The van der Waals surface area contributed by atoms with Gasteiger partial charge in [0.1, 0.15) is 17.0 Å². The fraction of sp³-hybridized carbons (Fsp3) is 0.609. The van der Waals surface area contributed by atoms with Gasteiger partial charge in [-0.1, -0.05) is 26.0 Å². The number of para-hydroxylation sites is 1. The van der Waals surface area contributed by atoms with E-state index in [9.17, 15) is 23.1 Å². The SMILES string of the molecule is C[C@@H]1CNc2c(cccc2S(=O)(=O)N[C@@H](CCCN=C(N)N)C(=O)N2CC[C@@H](C)C[C@@H]2C(=O)O)C1. The molecule has 11 nitrogen and oxygen atoms in total. The van der Waals surface area contributed by atoms with Gasteiger partial charge in [0.05, 0.1) is 5.69 Å². The van der Waals surface area contributed by atoms with Gasteiger partial charge in [-0.2, -0.15) is 4.72 Å². The minimum atomic E-state index is -4.10. The van der Waals surface area contributed by atoms with Crippen LogP contribution in [0.4, 0.5) is 5.69 Å². The maximum Gasteiger partial charge on any atom is 0.326 e. The number of carboxylic acids is 1. The first-order valence-corrected chi connectivity index (χ1v) is 13.4. The predicted molar refractivity (Wildman–Crippen MR) is 133 cm³/mol. The summed E-state index contributed by atoms with van der Waals surface area (Å²) in [5.41, 5.74) is 12.2. The molecule has 12 heteroatoms. The molecule has 7 N–H and O–H groups in total. The molecule has 3 rings (SSSR count). The normalized spacial score (nSPS) is 23.0. The molecule has 1 aromatic rings. The molecular weight excluding hydrogens is 472 g/mol. The first kappa shape index (κ1) is 26.7. The smallest absolute Gasteiger partial charge is 0.326 e. The molecule has 0 saturated carbocycles. The molecule has 1 aromatic carbocycles. The van der Waals surface area contributed by atoms with Gasteiger partial charge in [-0.25, -0.2) is 13.2 Å². The van der Waals surface area contributed by atoms with Gasteiger partial charge >= 0.3 is 5.97 Å². The second kappa shape index (κ2) is 11.3. The number of piperidine rings is 1. The highest BCUT2D eigenvalue weighted by molar-refractivity contribution is 7.89. The molecule has 0 aromatic heterocycles. The Labute approximate surface area is 206 Å². The van der Waals surface area contributed by atoms with Gasteiger partial charge in [0.2, 0.25) is 15.9 Å². The van der Waals surface area contributed by atoms with Crippen LogP contribution < -0.4 is 21.5 Å². The number of nitrogens with two attached hydrogens (primary N) is 2. The van der Waals surface area contributed by atoms with Crippen LogP contribution in [0.5, 0.6) is 0 Å². The van der Waals surface area contributed by atoms with Crippen molar-refractivity contribution in [1.29, 1.82) is 0 Å². The van der Waals surface area contributed by atoms with Crippen LogP contribution in [0.1, 0.15) is 45.1 Å². The number of aliphatic imine (C=N–C) groups is 1. The van der Waals surface area contributed by atoms with Crippen LogP contribution in [-0.2, 0) is 26.0 Å². The number of aliphatic carboxylic acids is 1. The zero-order chi connectivity index (χ0) is 25.8. The van der Waals surface area contributed by atoms with Crippen LogP contribution in [0.3, 0.4) is 0 Å². The number of amides is 1. The third-order valence-corrected chi connectivity index (χ3v) is 8.09. The summed E-state index contributed by atoms with van der Waals surface area (Å²) in [6, 6.07) is 2.94. The summed E-state index contributed by atoms with van der Waals surface area (Å²) in [4.78, 5) is 30.7. The summed E-state index contributed by atoms with van der Waals surface area (Å²) in [7, 11) is -4.10. The number of rotatable bonds is 9. The maximum atomic E-state index is 13.5. The van der Waals surface area contributed by atoms with E-state index in [4.69, 9.17) is 11.5 Å². The average Bonchev–Trinajstić information content (AvgIpc) is 2.79. The molecule has 0 aliphatic carbocycles. The molecule has 2 aliphatic rings. The summed E-state index contributed by atoms with van der Waals surface area (Å²) >= 11 is 0. The molecule has 0 bridgehead atoms. The van der Waals surface area contributed by atoms with Gasteiger partial charge in [0.15, 0.2) is 5.96 Å². The highest BCUT2D eigenvalue weighted by Gasteiger charge is 2.39. The van der Waals surface area contributed by atoms with Crippen molar-refractivity contribution in [2.24, 2.45) is 28.3 Å². The van der Waals surface area contributed by atoms with E-state index in [1.165, 1.54) is 11.0 Å². The Morgan fingerprint density at radius 1 is 1.29 bits per heavy atom. The van der Waals surface area contributed by atoms with Crippen LogP contribution in [-0.4, -0.2) is 68.0 Å². The predicted octanol–water partition coefficient (Wildman–Crippen LogP) is 0.703. The molecule has 0 unspecified atom stereocenters. The Morgan fingerprint density at radius 2 is 2.03 bits per heavy atom. The van der Waals surface area contributed by atoms with Crippen LogP contribution in [0, 0.1) is 11.8 Å². The zero-order valence-corrected chi connectivity index (χ0v) is 21.1. The number of carbonyl (C=O) groups excluding carboxylic acids is 1. The molecule has 1 saturated heterocycles. The second-order valence-corrected chi connectivity index (χ2v) is 11.3. The highest BCUT2D eigenvalue weighted by Crippen LogP contribution is 2.31. The minimum Gasteiger partial charge on any atom is -0.480 e. The van der Waals surface area contributed by atoms with E-state index in [1.807, 2.05) is 13.0 Å². The quantitative estimate of drug-likeness (QED) is 0.184. The number of carbonyl (C=O) groups is 2. The lowest BCUT2D eigenvalue weighted by Gasteiger charge is -2.38. The van der Waals surface area contributed by atoms with E-state index < -0.39 is 34.0 Å². The number of fused-ring (bicyclic) bond motifs is 1. The zero-order valence-electron chi connectivity index (χ0n) is 20.2. The van der Waals surface area contributed by atoms with Crippen molar-refractivity contribution in [3.05, 3.63) is 23.8 Å². The standard InChI is InChI=1S/C23H36N6O5S/c1-14-8-10-29(18(12-14)22(31)32)21(30)17(6-4-9-26-23(24)25)28-35(33,34)19-7-3-5-16-11-15(2)13-27-20(16)19/h3,5,7,14-15,17-18,27-28H,4,6,8-13H2,1-2H3,(H,31,32)(H4,24,25,26)/t14-,15+,17+,18-/m1/s1. The molecule has 194 valence electrons. The topological polar surface area (TPSA) is 180 Å². The second-order valence-electron chi connectivity index (χ2n) is 9.62. The first-order chi connectivity index (χ1) is 16.5. The fourth-order valence-electron chi connectivity index (χ4n) is 4.72. The van der Waals surface area contributed by atoms with Crippen molar-refractivity contribution in [2.45, 2.75) is 62.9 Å². The van der Waals surface area contributed by atoms with Gasteiger partial charge in [-0.3, -0.25) is 9.79 Å². The minimum absolute atomic E-state index is 0.0750. The highest BCUT2D eigenvalue weighted by atomic mass is 32.2. The van der Waals surface area contributed by atoms with Gasteiger partial charge < -0.3 is 26.8 Å². The third-order valence-electron chi connectivity index (χ3n) is 6.57. The number of nitrogens with zero attached hydrogens (tertiary/aromatic N) is 2. The van der Waals surface area contributed by atoms with Crippen LogP contribution in [0.15, 0.2) is 28.1 Å². The Morgan fingerprint density at radius 3 is 2.71 bits per heavy atom. The summed E-state index contributed by atoms with van der Waals surface area (Å²) in [6.07, 6.45) is 2.17. The van der Waals surface area contributed by atoms with Crippen molar-refractivity contribution in [1.82, 2.24) is 9.62 Å². The van der Waals surface area contributed by atoms with Crippen LogP contribution in [0.25, 0.3) is 0 Å². The monoisotopic (exact) mass is 508 g/mol. The van der Waals surface area contributed by atoms with Gasteiger partial charge in [-0.05, 0) is 55.6 Å². The van der Waals surface area contributed by atoms with Crippen molar-refractivity contribution in [3.63, 3.8) is 0 Å². The lowest BCUT2D eigenvalue weighted by atomic mass is 9.91. The number of sulfonamides is 1. The van der Waals surface area contributed by atoms with Crippen molar-refractivity contribution < 1.29 is 23.1 Å². The molecule has 0 radical (unpaired) electrons. The van der Waals surface area contributed by atoms with Crippen LogP contribution >= 0.6 is 0 Å². The molecular formula is C23H36N6O5S. The number of hydrogen-bond donors (Lipinski definition) is 5. The molecule has 2 heterocycles. The summed E-state index contributed by atoms with van der Waals surface area (Å²) in [5, 5.41) is 12.9. The Hall–Kier alpha value is -2.86. The lowest BCUT2D eigenvalue weighted by molar-refractivity contribution is -0.153. The van der Waals surface area contributed by atoms with E-state index >= 15 is 0 Å². The van der Waals surface area contributed by atoms with E-state index in [-0.39, 0.29) is 36.3 Å². The molecule has 1 amide bonds. The molecule has 0 spiro atoms.